The Labute approximate surface area is 86.0 Å². The van der Waals surface area contributed by atoms with Gasteiger partial charge in [-0.05, 0) is 32.6 Å². The van der Waals surface area contributed by atoms with Gasteiger partial charge in [0, 0.05) is 0 Å². The van der Waals surface area contributed by atoms with Gasteiger partial charge < -0.3 is 5.11 Å². The summed E-state index contributed by atoms with van der Waals surface area (Å²) in [6.45, 7) is 5.28. The number of aliphatic hydroxyl groups excluding tert-OH is 1. The van der Waals surface area contributed by atoms with Crippen molar-refractivity contribution in [1.82, 2.24) is 0 Å². The third kappa shape index (κ3) is 2.06. The number of hydrogen-bond acceptors (Lipinski definition) is 2. The van der Waals surface area contributed by atoms with E-state index in [0.717, 1.165) is 38.5 Å². The lowest BCUT2D eigenvalue weighted by atomic mass is 9.67. The first-order valence-electron chi connectivity index (χ1n) is 5.43. The molecule has 0 aliphatic heterocycles. The minimum atomic E-state index is -0.466. The number of allylic oxidation sites excluding steroid dienone is 1. The highest BCUT2D eigenvalue weighted by Gasteiger charge is 2.42. The molecule has 14 heavy (non-hydrogen) atoms. The van der Waals surface area contributed by atoms with E-state index in [4.69, 9.17) is 0 Å². The molecule has 2 nitrogen and oxygen atoms in total. The Balaban J connectivity index is 2.77. The molecule has 2 heteroatoms. The van der Waals surface area contributed by atoms with Crippen LogP contribution in [0.2, 0.25) is 0 Å². The molecule has 1 aliphatic carbocycles. The summed E-state index contributed by atoms with van der Waals surface area (Å²) in [4.78, 5) is 11.6. The van der Waals surface area contributed by atoms with Crippen molar-refractivity contribution in [3.8, 4) is 0 Å². The zero-order valence-electron chi connectivity index (χ0n) is 8.96. The van der Waals surface area contributed by atoms with Crippen LogP contribution in [0.5, 0.6) is 0 Å². The zero-order chi connectivity index (χ0) is 10.6. The highest BCUT2D eigenvalue weighted by atomic mass is 16.3. The fraction of sp³-hybridized carbons (Fsp3) is 0.750. The van der Waals surface area contributed by atoms with E-state index in [2.05, 4.69) is 6.58 Å². The quantitative estimate of drug-likeness (QED) is 0.701. The Kier molecular flexibility index (Phi) is 3.87. The summed E-state index contributed by atoms with van der Waals surface area (Å²) in [5, 5.41) is 9.96. The normalized spacial score (nSPS) is 32.6. The number of hydrogen-bond donors (Lipinski definition) is 1. The van der Waals surface area contributed by atoms with Gasteiger partial charge in [0.15, 0.2) is 0 Å². The predicted molar refractivity (Wildman–Crippen MR) is 57.0 cm³/mol. The van der Waals surface area contributed by atoms with Crippen LogP contribution in [0.1, 0.15) is 45.4 Å². The molecule has 0 bridgehead atoms. The first-order valence-corrected chi connectivity index (χ1v) is 5.43. The van der Waals surface area contributed by atoms with Gasteiger partial charge >= 0.3 is 0 Å². The molecule has 0 amide bonds. The summed E-state index contributed by atoms with van der Waals surface area (Å²) < 4.78 is 0. The Morgan fingerprint density at radius 3 is 2.86 bits per heavy atom. The first kappa shape index (κ1) is 11.4. The van der Waals surface area contributed by atoms with Crippen molar-refractivity contribution < 1.29 is 9.90 Å². The topological polar surface area (TPSA) is 37.3 Å². The molecule has 0 heterocycles. The molecule has 1 saturated carbocycles. The minimum absolute atomic E-state index is 0.145. The van der Waals surface area contributed by atoms with E-state index in [1.807, 2.05) is 6.08 Å². The summed E-state index contributed by atoms with van der Waals surface area (Å²) in [6, 6.07) is 0. The standard InChI is InChI=1S/C12H20O2/c1-3-4-8-12(10(2)13)9-6-5-7-11(12)14/h3,11,14H,1,4-9H2,2H3/t11-,12-/m1/s1. The van der Waals surface area contributed by atoms with E-state index < -0.39 is 11.5 Å². The number of rotatable bonds is 4. The Morgan fingerprint density at radius 1 is 1.64 bits per heavy atom. The van der Waals surface area contributed by atoms with Crippen LogP contribution < -0.4 is 0 Å². The highest BCUT2D eigenvalue weighted by Crippen LogP contribution is 2.41. The SMILES string of the molecule is C=CCC[C@]1(C(C)=O)CCCC[C@H]1O. The zero-order valence-corrected chi connectivity index (χ0v) is 8.96. The summed E-state index contributed by atoms with van der Waals surface area (Å²) in [5.74, 6) is 0.145. The van der Waals surface area contributed by atoms with Gasteiger partial charge in [0.25, 0.3) is 0 Å². The lowest BCUT2D eigenvalue weighted by Gasteiger charge is -2.39. The summed E-state index contributed by atoms with van der Waals surface area (Å²) in [7, 11) is 0. The maximum Gasteiger partial charge on any atom is 0.138 e. The van der Waals surface area contributed by atoms with Crippen molar-refractivity contribution in [3.63, 3.8) is 0 Å². The average molecular weight is 196 g/mol. The van der Waals surface area contributed by atoms with Crippen molar-refractivity contribution in [1.29, 1.82) is 0 Å². The van der Waals surface area contributed by atoms with Crippen molar-refractivity contribution >= 4 is 5.78 Å². The van der Waals surface area contributed by atoms with E-state index in [1.54, 1.807) is 6.92 Å². The van der Waals surface area contributed by atoms with Gasteiger partial charge in [-0.25, -0.2) is 0 Å². The molecule has 0 saturated heterocycles. The molecule has 1 aliphatic rings. The van der Waals surface area contributed by atoms with Gasteiger partial charge in [-0.2, -0.15) is 0 Å². The number of Topliss-reactive ketones (excluding diaryl/α,β-unsaturated/α-hetero) is 1. The third-order valence-electron chi connectivity index (χ3n) is 3.48. The monoisotopic (exact) mass is 196 g/mol. The van der Waals surface area contributed by atoms with E-state index in [1.165, 1.54) is 0 Å². The number of aliphatic hydroxyl groups is 1. The molecule has 1 N–H and O–H groups in total. The molecule has 1 rings (SSSR count). The van der Waals surface area contributed by atoms with Crippen LogP contribution in [-0.2, 0) is 4.79 Å². The smallest absolute Gasteiger partial charge is 0.138 e. The first-order chi connectivity index (χ1) is 6.63. The second-order valence-electron chi connectivity index (χ2n) is 4.30. The Bertz CT molecular complexity index is 222. The molecule has 1 fully saturated rings. The van der Waals surface area contributed by atoms with Crippen LogP contribution in [0.25, 0.3) is 0 Å². The van der Waals surface area contributed by atoms with Crippen LogP contribution in [0, 0.1) is 5.41 Å². The summed E-state index contributed by atoms with van der Waals surface area (Å²) in [6.07, 6.45) is 6.69. The fourth-order valence-corrected chi connectivity index (χ4v) is 2.46. The molecule has 0 aromatic rings. The fourth-order valence-electron chi connectivity index (χ4n) is 2.46. The van der Waals surface area contributed by atoms with Crippen LogP contribution in [-0.4, -0.2) is 17.0 Å². The highest BCUT2D eigenvalue weighted by molar-refractivity contribution is 5.83. The Hall–Kier alpha value is -0.630. The number of carbonyl (C=O) groups is 1. The van der Waals surface area contributed by atoms with Gasteiger partial charge in [-0.15, -0.1) is 6.58 Å². The Morgan fingerprint density at radius 2 is 2.36 bits per heavy atom. The van der Waals surface area contributed by atoms with Crippen LogP contribution >= 0.6 is 0 Å². The van der Waals surface area contributed by atoms with Crippen LogP contribution in [0.3, 0.4) is 0 Å². The molecular weight excluding hydrogens is 176 g/mol. The van der Waals surface area contributed by atoms with E-state index in [0.29, 0.717) is 0 Å². The second kappa shape index (κ2) is 4.74. The van der Waals surface area contributed by atoms with Gasteiger partial charge in [0.2, 0.25) is 0 Å². The molecular formula is C12H20O2. The van der Waals surface area contributed by atoms with Gasteiger partial charge in [0.05, 0.1) is 11.5 Å². The van der Waals surface area contributed by atoms with E-state index in [9.17, 15) is 9.90 Å². The number of carbonyl (C=O) groups excluding carboxylic acids is 1. The van der Waals surface area contributed by atoms with Crippen LogP contribution in [0.15, 0.2) is 12.7 Å². The summed E-state index contributed by atoms with van der Waals surface area (Å²) >= 11 is 0. The summed E-state index contributed by atoms with van der Waals surface area (Å²) in [5.41, 5.74) is -0.466. The predicted octanol–water partition coefficient (Wildman–Crippen LogP) is 2.46. The van der Waals surface area contributed by atoms with E-state index >= 15 is 0 Å². The molecule has 2 atom stereocenters. The van der Waals surface area contributed by atoms with E-state index in [-0.39, 0.29) is 5.78 Å². The maximum absolute atomic E-state index is 11.6. The van der Waals surface area contributed by atoms with Gasteiger partial charge in [-0.1, -0.05) is 18.9 Å². The van der Waals surface area contributed by atoms with Crippen LogP contribution in [0.4, 0.5) is 0 Å². The van der Waals surface area contributed by atoms with Crippen molar-refractivity contribution in [2.45, 2.75) is 51.6 Å². The third-order valence-corrected chi connectivity index (χ3v) is 3.48. The van der Waals surface area contributed by atoms with Crippen molar-refractivity contribution in [2.24, 2.45) is 5.41 Å². The molecule has 0 radical (unpaired) electrons. The lowest BCUT2D eigenvalue weighted by molar-refractivity contribution is -0.137. The maximum atomic E-state index is 11.6. The lowest BCUT2D eigenvalue weighted by Crippen LogP contribution is -2.43. The molecule has 80 valence electrons. The van der Waals surface area contributed by atoms with Gasteiger partial charge in [0.1, 0.15) is 5.78 Å². The number of ketones is 1. The second-order valence-corrected chi connectivity index (χ2v) is 4.30. The molecule has 0 unspecified atom stereocenters. The molecule has 0 spiro atoms. The van der Waals surface area contributed by atoms with Crippen molar-refractivity contribution in [3.05, 3.63) is 12.7 Å². The van der Waals surface area contributed by atoms with Crippen molar-refractivity contribution in [2.75, 3.05) is 0 Å². The average Bonchev–Trinajstić information content (AvgIpc) is 2.16. The largest absolute Gasteiger partial charge is 0.392 e. The molecule has 0 aromatic carbocycles. The van der Waals surface area contributed by atoms with Gasteiger partial charge in [-0.3, -0.25) is 4.79 Å². The minimum Gasteiger partial charge on any atom is -0.392 e. The molecule has 0 aromatic heterocycles.